The number of hydrogen-bond donors (Lipinski definition) is 0. The molecule has 3 rings (SSSR count). The van der Waals surface area contributed by atoms with Crippen molar-refractivity contribution in [3.63, 3.8) is 0 Å². The van der Waals surface area contributed by atoms with Gasteiger partial charge in [-0.05, 0) is 31.2 Å². The van der Waals surface area contributed by atoms with E-state index in [-0.39, 0.29) is 11.2 Å². The first kappa shape index (κ1) is 17.4. The zero-order valence-electron chi connectivity index (χ0n) is 14.6. The minimum atomic E-state index is -0.313. The van der Waals surface area contributed by atoms with E-state index in [1.165, 1.54) is 27.4 Å². The zero-order chi connectivity index (χ0) is 18.0. The van der Waals surface area contributed by atoms with Gasteiger partial charge in [0.15, 0.2) is 0 Å². The molecule has 3 aromatic heterocycles. The largest absolute Gasteiger partial charge is 0.468 e. The molecule has 0 N–H and O–H groups in total. The minimum absolute atomic E-state index is 0.289. The van der Waals surface area contributed by atoms with Gasteiger partial charge in [0.1, 0.15) is 5.76 Å². The summed E-state index contributed by atoms with van der Waals surface area (Å²) >= 11 is 1.75. The maximum absolute atomic E-state index is 12.2. The molecule has 0 fully saturated rings. The number of aromatic nitrogens is 2. The summed E-state index contributed by atoms with van der Waals surface area (Å²) in [5, 5.41) is 0. The fourth-order valence-electron chi connectivity index (χ4n) is 2.74. The first-order chi connectivity index (χ1) is 11.9. The lowest BCUT2D eigenvalue weighted by atomic mass is 10.3. The van der Waals surface area contributed by atoms with Crippen LogP contribution in [0.3, 0.4) is 0 Å². The molecule has 0 atom stereocenters. The lowest BCUT2D eigenvalue weighted by molar-refractivity contribution is 0.222. The maximum atomic E-state index is 12.2. The smallest absolute Gasteiger partial charge is 0.330 e. The summed E-state index contributed by atoms with van der Waals surface area (Å²) in [5.41, 5.74) is 0.0865. The van der Waals surface area contributed by atoms with Gasteiger partial charge in [0.05, 0.1) is 12.8 Å². The molecule has 0 aliphatic rings. The molecule has 25 heavy (non-hydrogen) atoms. The molecular formula is C18H21N3O3S. The van der Waals surface area contributed by atoms with E-state index in [0.717, 1.165) is 16.9 Å². The summed E-state index contributed by atoms with van der Waals surface area (Å²) < 4.78 is 8.11. The van der Waals surface area contributed by atoms with Gasteiger partial charge in [0.2, 0.25) is 0 Å². The molecule has 6 nitrogen and oxygen atoms in total. The average Bonchev–Trinajstić information content (AvgIpc) is 3.22. The highest BCUT2D eigenvalue weighted by molar-refractivity contribution is 7.11. The quantitative estimate of drug-likeness (QED) is 0.677. The van der Waals surface area contributed by atoms with Gasteiger partial charge in [0, 0.05) is 48.7 Å². The van der Waals surface area contributed by atoms with Gasteiger partial charge in [-0.1, -0.05) is 0 Å². The van der Waals surface area contributed by atoms with Crippen molar-refractivity contribution in [2.45, 2.75) is 26.6 Å². The third-order valence-electron chi connectivity index (χ3n) is 4.15. The van der Waals surface area contributed by atoms with Crippen LogP contribution in [0.2, 0.25) is 0 Å². The van der Waals surface area contributed by atoms with Gasteiger partial charge in [0.25, 0.3) is 5.56 Å². The summed E-state index contributed by atoms with van der Waals surface area (Å²) in [7, 11) is 3.18. The third kappa shape index (κ3) is 4.00. The third-order valence-corrected chi connectivity index (χ3v) is 5.13. The Hall–Kier alpha value is -2.38. The van der Waals surface area contributed by atoms with Crippen LogP contribution in [-0.2, 0) is 33.7 Å². The van der Waals surface area contributed by atoms with E-state index < -0.39 is 0 Å². The van der Waals surface area contributed by atoms with Gasteiger partial charge in [-0.25, -0.2) is 4.79 Å². The first-order valence-electron chi connectivity index (χ1n) is 8.00. The van der Waals surface area contributed by atoms with E-state index in [4.69, 9.17) is 4.42 Å². The molecule has 0 radical (unpaired) electrons. The Balaban J connectivity index is 1.89. The van der Waals surface area contributed by atoms with E-state index in [0.29, 0.717) is 18.8 Å². The maximum Gasteiger partial charge on any atom is 0.330 e. The normalized spacial score (nSPS) is 11.4. The highest BCUT2D eigenvalue weighted by Gasteiger charge is 2.14. The molecular weight excluding hydrogens is 338 g/mol. The minimum Gasteiger partial charge on any atom is -0.468 e. The lowest BCUT2D eigenvalue weighted by Crippen LogP contribution is -2.39. The van der Waals surface area contributed by atoms with Crippen molar-refractivity contribution in [1.29, 1.82) is 0 Å². The van der Waals surface area contributed by atoms with Crippen LogP contribution in [0, 0.1) is 6.92 Å². The Morgan fingerprint density at radius 2 is 1.88 bits per heavy atom. The number of hydrogen-bond acceptors (Lipinski definition) is 5. The van der Waals surface area contributed by atoms with Crippen LogP contribution < -0.4 is 11.2 Å². The molecule has 3 aromatic rings. The van der Waals surface area contributed by atoms with Crippen molar-refractivity contribution < 1.29 is 4.42 Å². The topological polar surface area (TPSA) is 60.4 Å². The van der Waals surface area contributed by atoms with Crippen molar-refractivity contribution >= 4 is 11.3 Å². The van der Waals surface area contributed by atoms with Crippen molar-refractivity contribution in [2.24, 2.45) is 14.1 Å². The Morgan fingerprint density at radius 1 is 1.08 bits per heavy atom. The molecule has 0 aliphatic carbocycles. The van der Waals surface area contributed by atoms with E-state index in [9.17, 15) is 9.59 Å². The fourth-order valence-corrected chi connectivity index (χ4v) is 3.67. The Bertz CT molecular complexity index is 966. The van der Waals surface area contributed by atoms with Gasteiger partial charge >= 0.3 is 5.69 Å². The second-order valence-electron chi connectivity index (χ2n) is 6.11. The lowest BCUT2D eigenvalue weighted by Gasteiger charge is -2.22. The van der Waals surface area contributed by atoms with Crippen molar-refractivity contribution in [3.05, 3.63) is 78.6 Å². The molecule has 0 saturated carbocycles. The second kappa shape index (κ2) is 7.25. The number of furan rings is 1. The summed E-state index contributed by atoms with van der Waals surface area (Å²) in [6.07, 6.45) is 1.65. The van der Waals surface area contributed by atoms with Crippen LogP contribution >= 0.6 is 11.3 Å². The zero-order valence-corrected chi connectivity index (χ0v) is 15.4. The van der Waals surface area contributed by atoms with Crippen LogP contribution in [0.4, 0.5) is 0 Å². The highest BCUT2D eigenvalue weighted by Crippen LogP contribution is 2.19. The molecule has 132 valence electrons. The Kier molecular flexibility index (Phi) is 5.06. The number of aryl methyl sites for hydroxylation is 1. The SMILES string of the molecule is Cc1ccc(CN(Cc2ccco2)Cc2cc(=O)n(C)c(=O)n2C)s1. The molecule has 0 saturated heterocycles. The predicted octanol–water partition coefficient (Wildman–Crippen LogP) is 2.25. The molecule has 0 aliphatic heterocycles. The van der Waals surface area contributed by atoms with Crippen LogP contribution in [0.1, 0.15) is 21.2 Å². The fraction of sp³-hybridized carbons (Fsp3) is 0.333. The predicted molar refractivity (Wildman–Crippen MR) is 97.6 cm³/mol. The summed E-state index contributed by atoms with van der Waals surface area (Å²) in [6, 6.07) is 9.51. The van der Waals surface area contributed by atoms with Crippen molar-refractivity contribution in [3.8, 4) is 0 Å². The Labute approximate surface area is 149 Å². The monoisotopic (exact) mass is 359 g/mol. The van der Waals surface area contributed by atoms with E-state index in [1.807, 2.05) is 12.1 Å². The molecule has 0 unspecified atom stereocenters. The first-order valence-corrected chi connectivity index (χ1v) is 8.81. The van der Waals surface area contributed by atoms with Gasteiger partial charge < -0.3 is 4.42 Å². The van der Waals surface area contributed by atoms with Gasteiger partial charge in [-0.15, -0.1) is 11.3 Å². The van der Waals surface area contributed by atoms with Crippen LogP contribution in [0.15, 0.2) is 50.6 Å². The van der Waals surface area contributed by atoms with E-state index in [2.05, 4.69) is 24.0 Å². The standard InChI is InChI=1S/C18H21N3O3S/c1-13-6-7-16(25-13)12-21(11-15-5-4-8-24-15)10-14-9-17(22)20(3)18(23)19(14)2/h4-9H,10-12H2,1-3H3. The highest BCUT2D eigenvalue weighted by atomic mass is 32.1. The molecule has 3 heterocycles. The summed E-state index contributed by atoms with van der Waals surface area (Å²) in [4.78, 5) is 28.8. The Morgan fingerprint density at radius 3 is 2.52 bits per heavy atom. The van der Waals surface area contributed by atoms with Crippen molar-refractivity contribution in [2.75, 3.05) is 0 Å². The second-order valence-corrected chi connectivity index (χ2v) is 7.48. The van der Waals surface area contributed by atoms with Gasteiger partial charge in [-0.3, -0.25) is 18.8 Å². The molecule has 0 amide bonds. The number of thiophene rings is 1. The molecule has 7 heteroatoms. The number of nitrogens with zero attached hydrogens (tertiary/aromatic N) is 3. The van der Waals surface area contributed by atoms with Crippen molar-refractivity contribution in [1.82, 2.24) is 14.0 Å². The van der Waals surface area contributed by atoms with Crippen LogP contribution in [-0.4, -0.2) is 14.0 Å². The van der Waals surface area contributed by atoms with E-state index in [1.54, 1.807) is 24.6 Å². The van der Waals surface area contributed by atoms with Crippen LogP contribution in [0.25, 0.3) is 0 Å². The molecule has 0 bridgehead atoms. The molecule has 0 aromatic carbocycles. The molecule has 0 spiro atoms. The number of rotatable bonds is 6. The summed E-state index contributed by atoms with van der Waals surface area (Å²) in [5.74, 6) is 0.849. The van der Waals surface area contributed by atoms with Gasteiger partial charge in [-0.2, -0.15) is 0 Å². The van der Waals surface area contributed by atoms with E-state index >= 15 is 0 Å². The average molecular weight is 359 g/mol. The van der Waals surface area contributed by atoms with Crippen LogP contribution in [0.5, 0.6) is 0 Å². The summed E-state index contributed by atoms with van der Waals surface area (Å²) in [6.45, 7) is 3.89.